The van der Waals surface area contributed by atoms with Crippen molar-refractivity contribution in [2.75, 3.05) is 6.54 Å². The SMILES string of the molecule is CCN(C(=O)/C=C/c1c(Cl)nc2sccn12)C1CCCCC1. The largest absolute Gasteiger partial charge is 0.336 e. The average Bonchev–Trinajstić information content (AvgIpc) is 3.08. The smallest absolute Gasteiger partial charge is 0.246 e. The molecule has 0 saturated heterocycles. The predicted octanol–water partition coefficient (Wildman–Crippen LogP) is 4.24. The lowest BCUT2D eigenvalue weighted by Gasteiger charge is -2.32. The lowest BCUT2D eigenvalue weighted by molar-refractivity contribution is -0.128. The van der Waals surface area contributed by atoms with Crippen molar-refractivity contribution in [1.29, 1.82) is 0 Å². The van der Waals surface area contributed by atoms with E-state index in [1.165, 1.54) is 30.6 Å². The van der Waals surface area contributed by atoms with Crippen LogP contribution in [0.2, 0.25) is 5.15 Å². The fourth-order valence-electron chi connectivity index (χ4n) is 3.16. The maximum absolute atomic E-state index is 12.5. The topological polar surface area (TPSA) is 37.6 Å². The first-order chi connectivity index (χ1) is 10.7. The number of carbonyl (C=O) groups is 1. The third-order valence-electron chi connectivity index (χ3n) is 4.28. The molecule has 0 aliphatic heterocycles. The molecule has 2 aromatic rings. The molecule has 0 bridgehead atoms. The number of thiazole rings is 1. The molecule has 0 atom stereocenters. The summed E-state index contributed by atoms with van der Waals surface area (Å²) in [7, 11) is 0. The van der Waals surface area contributed by atoms with Crippen LogP contribution in [0.5, 0.6) is 0 Å². The standard InChI is InChI=1S/C16H20ClN3OS/c1-2-19(12-6-4-3-5-7-12)14(21)9-8-13-15(17)18-16-20(13)10-11-22-16/h8-12H,2-7H2,1H3/b9-8+. The Labute approximate surface area is 139 Å². The van der Waals surface area contributed by atoms with E-state index in [0.29, 0.717) is 11.2 Å². The Balaban J connectivity index is 1.77. The van der Waals surface area contributed by atoms with Gasteiger partial charge in [0.2, 0.25) is 5.91 Å². The second kappa shape index (κ2) is 6.84. The minimum absolute atomic E-state index is 0.0654. The van der Waals surface area contributed by atoms with Gasteiger partial charge in [0.1, 0.15) is 0 Å². The molecular formula is C16H20ClN3OS. The van der Waals surface area contributed by atoms with Crippen LogP contribution < -0.4 is 0 Å². The van der Waals surface area contributed by atoms with Gasteiger partial charge >= 0.3 is 0 Å². The van der Waals surface area contributed by atoms with E-state index >= 15 is 0 Å². The number of fused-ring (bicyclic) bond motifs is 1. The molecule has 3 rings (SSSR count). The van der Waals surface area contributed by atoms with Crippen LogP contribution in [0.15, 0.2) is 17.7 Å². The third-order valence-corrected chi connectivity index (χ3v) is 5.31. The van der Waals surface area contributed by atoms with Gasteiger partial charge in [-0.2, -0.15) is 0 Å². The second-order valence-electron chi connectivity index (χ2n) is 5.59. The maximum Gasteiger partial charge on any atom is 0.246 e. The van der Waals surface area contributed by atoms with Crippen LogP contribution >= 0.6 is 22.9 Å². The van der Waals surface area contributed by atoms with Crippen molar-refractivity contribution in [2.24, 2.45) is 0 Å². The highest BCUT2D eigenvalue weighted by Gasteiger charge is 2.22. The van der Waals surface area contributed by atoms with Gasteiger partial charge < -0.3 is 4.90 Å². The Morgan fingerprint density at radius 1 is 1.50 bits per heavy atom. The normalized spacial score (nSPS) is 16.6. The monoisotopic (exact) mass is 337 g/mol. The Morgan fingerprint density at radius 2 is 2.27 bits per heavy atom. The van der Waals surface area contributed by atoms with Gasteiger partial charge in [-0.05, 0) is 25.8 Å². The number of carbonyl (C=O) groups excluding carboxylic acids is 1. The molecular weight excluding hydrogens is 318 g/mol. The van der Waals surface area contributed by atoms with E-state index < -0.39 is 0 Å². The van der Waals surface area contributed by atoms with Crippen molar-refractivity contribution >= 4 is 39.9 Å². The molecule has 1 aliphatic carbocycles. The Hall–Kier alpha value is -1.33. The highest BCUT2D eigenvalue weighted by Crippen LogP contribution is 2.24. The van der Waals surface area contributed by atoms with Gasteiger partial charge in [-0.15, -0.1) is 11.3 Å². The van der Waals surface area contributed by atoms with Gasteiger partial charge in [0, 0.05) is 30.2 Å². The first-order valence-electron chi connectivity index (χ1n) is 7.80. The molecule has 0 radical (unpaired) electrons. The number of rotatable bonds is 4. The molecule has 2 heterocycles. The first-order valence-corrected chi connectivity index (χ1v) is 9.06. The van der Waals surface area contributed by atoms with Crippen LogP contribution in [-0.2, 0) is 4.79 Å². The Kier molecular flexibility index (Phi) is 4.84. The fourth-order valence-corrected chi connectivity index (χ4v) is 4.16. The fraction of sp³-hybridized carbons (Fsp3) is 0.500. The van der Waals surface area contributed by atoms with Crippen molar-refractivity contribution in [3.63, 3.8) is 0 Å². The summed E-state index contributed by atoms with van der Waals surface area (Å²) in [5.41, 5.74) is 0.769. The Morgan fingerprint density at radius 3 is 3.00 bits per heavy atom. The van der Waals surface area contributed by atoms with Crippen molar-refractivity contribution < 1.29 is 4.79 Å². The number of halogens is 1. The van der Waals surface area contributed by atoms with E-state index in [9.17, 15) is 4.79 Å². The van der Waals surface area contributed by atoms with Gasteiger partial charge in [-0.25, -0.2) is 4.98 Å². The highest BCUT2D eigenvalue weighted by atomic mass is 35.5. The quantitative estimate of drug-likeness (QED) is 0.782. The zero-order valence-electron chi connectivity index (χ0n) is 12.7. The average molecular weight is 338 g/mol. The molecule has 4 nitrogen and oxygen atoms in total. The van der Waals surface area contributed by atoms with Crippen LogP contribution in [-0.4, -0.2) is 32.8 Å². The maximum atomic E-state index is 12.5. The van der Waals surface area contributed by atoms with Gasteiger partial charge in [0.05, 0.1) is 5.69 Å². The lowest BCUT2D eigenvalue weighted by atomic mass is 9.94. The van der Waals surface area contributed by atoms with Crippen LogP contribution in [0.1, 0.15) is 44.7 Å². The van der Waals surface area contributed by atoms with Crippen LogP contribution in [0.4, 0.5) is 0 Å². The summed E-state index contributed by atoms with van der Waals surface area (Å²) in [4.78, 5) is 19.6. The number of hydrogen-bond acceptors (Lipinski definition) is 3. The second-order valence-corrected chi connectivity index (χ2v) is 6.82. The van der Waals surface area contributed by atoms with Gasteiger partial charge in [0.15, 0.2) is 10.1 Å². The van der Waals surface area contributed by atoms with Crippen molar-refractivity contribution in [2.45, 2.75) is 45.1 Å². The summed E-state index contributed by atoms with van der Waals surface area (Å²) in [5, 5.41) is 2.40. The molecule has 1 fully saturated rings. The molecule has 1 aliphatic rings. The van der Waals surface area contributed by atoms with Gasteiger partial charge in [-0.3, -0.25) is 9.20 Å². The highest BCUT2D eigenvalue weighted by molar-refractivity contribution is 7.15. The third kappa shape index (κ3) is 3.06. The molecule has 0 unspecified atom stereocenters. The van der Waals surface area contributed by atoms with Crippen molar-refractivity contribution in [3.8, 4) is 0 Å². The van der Waals surface area contributed by atoms with Crippen LogP contribution in [0.3, 0.4) is 0 Å². The Bertz CT molecular complexity index is 685. The molecule has 22 heavy (non-hydrogen) atoms. The summed E-state index contributed by atoms with van der Waals surface area (Å²) in [6, 6.07) is 0.387. The minimum atomic E-state index is 0.0654. The summed E-state index contributed by atoms with van der Waals surface area (Å²) >= 11 is 7.68. The number of likely N-dealkylation sites (N-methyl/N-ethyl adjacent to an activating group) is 1. The predicted molar refractivity (Wildman–Crippen MR) is 91.4 cm³/mol. The number of imidazole rings is 1. The molecule has 6 heteroatoms. The first kappa shape index (κ1) is 15.6. The zero-order chi connectivity index (χ0) is 15.5. The summed E-state index contributed by atoms with van der Waals surface area (Å²) in [5.74, 6) is 0.0654. The molecule has 0 N–H and O–H groups in total. The summed E-state index contributed by atoms with van der Waals surface area (Å²) < 4.78 is 1.91. The van der Waals surface area contributed by atoms with E-state index in [4.69, 9.17) is 11.6 Å². The number of hydrogen-bond donors (Lipinski definition) is 0. The van der Waals surface area contributed by atoms with E-state index in [0.717, 1.165) is 30.0 Å². The molecule has 0 spiro atoms. The molecule has 2 aromatic heterocycles. The number of aromatic nitrogens is 2. The van der Waals surface area contributed by atoms with Crippen molar-refractivity contribution in [1.82, 2.24) is 14.3 Å². The van der Waals surface area contributed by atoms with Gasteiger partial charge in [0.25, 0.3) is 0 Å². The number of amides is 1. The van der Waals surface area contributed by atoms with Crippen LogP contribution in [0, 0.1) is 0 Å². The van der Waals surface area contributed by atoms with Crippen molar-refractivity contribution in [3.05, 3.63) is 28.5 Å². The zero-order valence-corrected chi connectivity index (χ0v) is 14.2. The van der Waals surface area contributed by atoms with E-state index in [1.54, 1.807) is 12.2 Å². The number of nitrogens with zero attached hydrogens (tertiary/aromatic N) is 3. The molecule has 1 amide bonds. The van der Waals surface area contributed by atoms with Gasteiger partial charge in [-0.1, -0.05) is 30.9 Å². The van der Waals surface area contributed by atoms with E-state index in [1.807, 2.05) is 27.8 Å². The minimum Gasteiger partial charge on any atom is -0.336 e. The summed E-state index contributed by atoms with van der Waals surface area (Å²) in [6.07, 6.45) is 11.3. The van der Waals surface area contributed by atoms with Crippen LogP contribution in [0.25, 0.3) is 11.0 Å². The van der Waals surface area contributed by atoms with E-state index in [2.05, 4.69) is 4.98 Å². The molecule has 1 saturated carbocycles. The molecule has 118 valence electrons. The summed E-state index contributed by atoms with van der Waals surface area (Å²) in [6.45, 7) is 2.80. The van der Waals surface area contributed by atoms with E-state index in [-0.39, 0.29) is 5.91 Å². The molecule has 0 aromatic carbocycles. The lowest BCUT2D eigenvalue weighted by Crippen LogP contribution is -2.40.